The maximum Gasteiger partial charge on any atom is 0.498 e. The Hall–Kier alpha value is -1.07. The molecule has 29 heavy (non-hydrogen) atoms. The quantitative estimate of drug-likeness (QED) is 0.502. The van der Waals surface area contributed by atoms with Crippen molar-refractivity contribution in [3.05, 3.63) is 12.4 Å². The SMILES string of the molecule is CC1(C)OB(c2cnc(S(=O)(=O)CCC3CCCN(CCO)C3)nc2)OC1(C)C. The van der Waals surface area contributed by atoms with Crippen molar-refractivity contribution in [1.29, 1.82) is 0 Å². The van der Waals surface area contributed by atoms with Gasteiger partial charge in [-0.05, 0) is 59.4 Å². The second-order valence-corrected chi connectivity index (χ2v) is 11.0. The van der Waals surface area contributed by atoms with E-state index in [0.29, 0.717) is 24.3 Å². The molecule has 1 aromatic rings. The molecule has 1 N–H and O–H groups in total. The van der Waals surface area contributed by atoms with Crippen LogP contribution in [-0.4, -0.2) is 78.7 Å². The molecule has 2 aliphatic rings. The van der Waals surface area contributed by atoms with Gasteiger partial charge in [0, 0.05) is 30.9 Å². The summed E-state index contributed by atoms with van der Waals surface area (Å²) in [6.45, 7) is 10.4. The number of aromatic nitrogens is 2. The largest absolute Gasteiger partial charge is 0.498 e. The summed E-state index contributed by atoms with van der Waals surface area (Å²) in [6, 6.07) is 0. The van der Waals surface area contributed by atoms with Crippen LogP contribution in [0.15, 0.2) is 17.6 Å². The number of hydrogen-bond donors (Lipinski definition) is 1. The molecule has 0 radical (unpaired) electrons. The Kier molecular flexibility index (Phi) is 6.70. The number of piperidine rings is 1. The van der Waals surface area contributed by atoms with Gasteiger partial charge in [-0.25, -0.2) is 18.4 Å². The number of hydrogen-bond acceptors (Lipinski definition) is 8. The summed E-state index contributed by atoms with van der Waals surface area (Å²) >= 11 is 0. The van der Waals surface area contributed by atoms with Crippen LogP contribution in [0, 0.1) is 5.92 Å². The first-order valence-electron chi connectivity index (χ1n) is 10.3. The van der Waals surface area contributed by atoms with E-state index in [1.165, 1.54) is 12.4 Å². The molecular weight excluding hydrogens is 393 g/mol. The third-order valence-electron chi connectivity index (χ3n) is 6.27. The van der Waals surface area contributed by atoms with Crippen molar-refractivity contribution in [3.63, 3.8) is 0 Å². The molecule has 10 heteroatoms. The number of aliphatic hydroxyl groups is 1. The van der Waals surface area contributed by atoms with Gasteiger partial charge in [-0.1, -0.05) is 0 Å². The van der Waals surface area contributed by atoms with Crippen LogP contribution in [0.25, 0.3) is 0 Å². The van der Waals surface area contributed by atoms with E-state index in [-0.39, 0.29) is 17.5 Å². The molecule has 0 amide bonds. The molecule has 1 atom stereocenters. The fourth-order valence-electron chi connectivity index (χ4n) is 3.73. The standard InChI is InChI=1S/C19H32BN3O5S/c1-18(2)19(3,4)28-20(27-18)16-12-21-17(22-13-16)29(25,26)11-7-15-6-5-8-23(14-15)9-10-24/h12-13,15,24H,5-11,14H2,1-4H3. The third kappa shape index (κ3) is 5.17. The lowest BCUT2D eigenvalue weighted by Gasteiger charge is -2.32. The van der Waals surface area contributed by atoms with Crippen molar-refractivity contribution < 1.29 is 22.8 Å². The average Bonchev–Trinajstić information content (AvgIpc) is 2.88. The lowest BCUT2D eigenvalue weighted by Crippen LogP contribution is -2.41. The summed E-state index contributed by atoms with van der Waals surface area (Å²) < 4.78 is 37.3. The van der Waals surface area contributed by atoms with Crippen molar-refractivity contribution in [1.82, 2.24) is 14.9 Å². The van der Waals surface area contributed by atoms with Gasteiger partial charge in [-0.15, -0.1) is 0 Å². The summed E-state index contributed by atoms with van der Waals surface area (Å²) in [7, 11) is -4.16. The first kappa shape index (κ1) is 22.6. The van der Waals surface area contributed by atoms with Crippen LogP contribution in [-0.2, 0) is 19.1 Å². The smallest absolute Gasteiger partial charge is 0.399 e. The lowest BCUT2D eigenvalue weighted by molar-refractivity contribution is 0.00578. The highest BCUT2D eigenvalue weighted by Gasteiger charge is 2.52. The van der Waals surface area contributed by atoms with Crippen molar-refractivity contribution in [2.24, 2.45) is 5.92 Å². The van der Waals surface area contributed by atoms with E-state index in [9.17, 15) is 8.42 Å². The molecule has 1 aromatic heterocycles. The highest BCUT2D eigenvalue weighted by atomic mass is 32.2. The minimum atomic E-state index is -3.55. The second-order valence-electron chi connectivity index (χ2n) is 9.03. The monoisotopic (exact) mass is 425 g/mol. The molecule has 3 rings (SSSR count). The van der Waals surface area contributed by atoms with Gasteiger partial charge in [0.15, 0.2) is 0 Å². The van der Waals surface area contributed by atoms with Crippen LogP contribution in [0.4, 0.5) is 0 Å². The zero-order chi connectivity index (χ0) is 21.3. The summed E-state index contributed by atoms with van der Waals surface area (Å²) in [4.78, 5) is 10.4. The molecular formula is C19H32BN3O5S. The molecule has 2 saturated heterocycles. The molecule has 3 heterocycles. The van der Waals surface area contributed by atoms with E-state index in [0.717, 1.165) is 25.9 Å². The minimum absolute atomic E-state index is 0.0282. The van der Waals surface area contributed by atoms with E-state index in [1.807, 2.05) is 27.7 Å². The molecule has 0 saturated carbocycles. The van der Waals surface area contributed by atoms with Crippen molar-refractivity contribution in [2.75, 3.05) is 32.0 Å². The molecule has 0 bridgehead atoms. The fraction of sp³-hybridized carbons (Fsp3) is 0.789. The maximum absolute atomic E-state index is 12.7. The van der Waals surface area contributed by atoms with Gasteiger partial charge in [0.05, 0.1) is 23.6 Å². The van der Waals surface area contributed by atoms with Gasteiger partial charge in [0.1, 0.15) is 0 Å². The zero-order valence-electron chi connectivity index (χ0n) is 17.8. The number of sulfone groups is 1. The van der Waals surface area contributed by atoms with Gasteiger partial charge < -0.3 is 19.3 Å². The van der Waals surface area contributed by atoms with E-state index < -0.39 is 28.2 Å². The number of likely N-dealkylation sites (tertiary alicyclic amines) is 1. The first-order chi connectivity index (χ1) is 13.5. The molecule has 8 nitrogen and oxygen atoms in total. The van der Waals surface area contributed by atoms with E-state index >= 15 is 0 Å². The molecule has 0 spiro atoms. The fourth-order valence-corrected chi connectivity index (χ4v) is 4.98. The molecule has 0 aliphatic carbocycles. The van der Waals surface area contributed by atoms with Gasteiger partial charge in [0.2, 0.25) is 15.0 Å². The van der Waals surface area contributed by atoms with Gasteiger partial charge in [-0.3, -0.25) is 0 Å². The highest BCUT2D eigenvalue weighted by Crippen LogP contribution is 2.36. The normalized spacial score (nSPS) is 24.7. The molecule has 2 aliphatic heterocycles. The predicted octanol–water partition coefficient (Wildman–Crippen LogP) is 0.644. The van der Waals surface area contributed by atoms with Gasteiger partial charge in [-0.2, -0.15) is 0 Å². The summed E-state index contributed by atoms with van der Waals surface area (Å²) in [5.74, 6) is 0.342. The second kappa shape index (κ2) is 8.59. The van der Waals surface area contributed by atoms with Crippen molar-refractivity contribution in [2.45, 2.75) is 63.3 Å². The molecule has 1 unspecified atom stereocenters. The Morgan fingerprint density at radius 2 is 1.83 bits per heavy atom. The first-order valence-corrected chi connectivity index (χ1v) is 11.9. The van der Waals surface area contributed by atoms with Gasteiger partial charge >= 0.3 is 7.12 Å². The van der Waals surface area contributed by atoms with E-state index in [4.69, 9.17) is 14.4 Å². The highest BCUT2D eigenvalue weighted by molar-refractivity contribution is 7.91. The Morgan fingerprint density at radius 1 is 1.21 bits per heavy atom. The van der Waals surface area contributed by atoms with Crippen molar-refractivity contribution in [3.8, 4) is 0 Å². The average molecular weight is 425 g/mol. The van der Waals surface area contributed by atoms with Crippen molar-refractivity contribution >= 4 is 22.4 Å². The summed E-state index contributed by atoms with van der Waals surface area (Å²) in [6.07, 6.45) is 5.58. The summed E-state index contributed by atoms with van der Waals surface area (Å²) in [5.41, 5.74) is -0.354. The van der Waals surface area contributed by atoms with Crippen LogP contribution in [0.1, 0.15) is 47.0 Å². The number of β-amino-alcohol motifs (C(OH)–C–C–N with tert-alkyl or cyclic N) is 1. The van der Waals surface area contributed by atoms with Crippen LogP contribution < -0.4 is 5.46 Å². The van der Waals surface area contributed by atoms with Crippen LogP contribution in [0.2, 0.25) is 0 Å². The molecule has 162 valence electrons. The van der Waals surface area contributed by atoms with Crippen LogP contribution in [0.5, 0.6) is 0 Å². The van der Waals surface area contributed by atoms with Gasteiger partial charge in [0.25, 0.3) is 0 Å². The minimum Gasteiger partial charge on any atom is -0.399 e. The Labute approximate surface area is 174 Å². The number of nitrogens with zero attached hydrogens (tertiary/aromatic N) is 3. The molecule has 0 aromatic carbocycles. The van der Waals surface area contributed by atoms with Crippen LogP contribution in [0.3, 0.4) is 0 Å². The predicted molar refractivity (Wildman–Crippen MR) is 111 cm³/mol. The molecule has 2 fully saturated rings. The third-order valence-corrected chi connectivity index (χ3v) is 7.81. The lowest BCUT2D eigenvalue weighted by atomic mass is 9.81. The number of rotatable bonds is 7. The van der Waals surface area contributed by atoms with E-state index in [1.54, 1.807) is 0 Å². The zero-order valence-corrected chi connectivity index (χ0v) is 18.6. The Balaban J connectivity index is 1.60. The summed E-state index contributed by atoms with van der Waals surface area (Å²) in [5, 5.41) is 8.95. The maximum atomic E-state index is 12.7. The van der Waals surface area contributed by atoms with Crippen LogP contribution >= 0.6 is 0 Å². The Bertz CT molecular complexity index is 783. The number of aliphatic hydroxyl groups excluding tert-OH is 1. The van der Waals surface area contributed by atoms with E-state index in [2.05, 4.69) is 14.9 Å². The topological polar surface area (TPSA) is 102 Å². The Morgan fingerprint density at radius 3 is 2.41 bits per heavy atom.